The molecule has 0 amide bonds. The summed E-state index contributed by atoms with van der Waals surface area (Å²) in [5.41, 5.74) is 1.22. The summed E-state index contributed by atoms with van der Waals surface area (Å²) in [5.74, 6) is 0.925. The molecule has 1 N–H and O–H groups in total. The van der Waals surface area contributed by atoms with Gasteiger partial charge in [-0.05, 0) is 34.9 Å². The Morgan fingerprint density at radius 2 is 2.22 bits per heavy atom. The molecular weight excluding hydrogens is 251 g/mol. The lowest BCUT2D eigenvalue weighted by molar-refractivity contribution is -0.131. The highest BCUT2D eigenvalue weighted by Crippen LogP contribution is 2.19. The maximum atomic E-state index is 13.7. The fourth-order valence-corrected chi connectivity index (χ4v) is 2.40. The maximum Gasteiger partial charge on any atom is 0.328 e. The Morgan fingerprint density at radius 1 is 1.50 bits per heavy atom. The number of aliphatic carboxylic acids is 1. The van der Waals surface area contributed by atoms with E-state index in [1.54, 1.807) is 23.9 Å². The summed E-state index contributed by atoms with van der Waals surface area (Å²) in [7, 11) is 0. The maximum absolute atomic E-state index is 13.7. The Balaban J connectivity index is 2.65. The van der Waals surface area contributed by atoms with Crippen LogP contribution in [0.2, 0.25) is 0 Å². The van der Waals surface area contributed by atoms with Gasteiger partial charge in [-0.1, -0.05) is 26.0 Å². The molecule has 0 bridgehead atoms. The number of hydrogen-bond donors (Lipinski definition) is 1. The molecule has 2 nitrogen and oxygen atoms in total. The normalized spacial score (nSPS) is 11.3. The van der Waals surface area contributed by atoms with Gasteiger partial charge in [-0.2, -0.15) is 11.8 Å². The molecule has 0 aromatic heterocycles. The predicted molar refractivity (Wildman–Crippen MR) is 74.1 cm³/mol. The Morgan fingerprint density at radius 3 is 2.78 bits per heavy atom. The number of hydrogen-bond acceptors (Lipinski definition) is 2. The van der Waals surface area contributed by atoms with E-state index in [-0.39, 0.29) is 5.82 Å². The number of carbonyl (C=O) groups is 1. The average Bonchev–Trinajstić information content (AvgIpc) is 2.28. The third-order valence-electron chi connectivity index (χ3n) is 2.20. The van der Waals surface area contributed by atoms with Gasteiger partial charge in [-0.3, -0.25) is 0 Å². The van der Waals surface area contributed by atoms with E-state index in [4.69, 9.17) is 5.11 Å². The molecule has 98 valence electrons. The lowest BCUT2D eigenvalue weighted by Gasteiger charge is -2.06. The second-order valence-corrected chi connectivity index (χ2v) is 5.46. The van der Waals surface area contributed by atoms with Gasteiger partial charge in [-0.25, -0.2) is 9.18 Å². The smallest absolute Gasteiger partial charge is 0.328 e. The van der Waals surface area contributed by atoms with Crippen molar-refractivity contribution in [3.05, 3.63) is 41.2 Å². The number of thioether (sulfide) groups is 1. The van der Waals surface area contributed by atoms with Gasteiger partial charge < -0.3 is 5.11 Å². The summed E-state index contributed by atoms with van der Waals surface area (Å²) in [6.07, 6.45) is 2.39. The third kappa shape index (κ3) is 5.36. The van der Waals surface area contributed by atoms with Crippen LogP contribution >= 0.6 is 11.8 Å². The van der Waals surface area contributed by atoms with Gasteiger partial charge in [0.1, 0.15) is 5.82 Å². The minimum absolute atomic E-state index is 0.279. The second kappa shape index (κ2) is 7.21. The highest BCUT2D eigenvalue weighted by molar-refractivity contribution is 7.98. The molecule has 18 heavy (non-hydrogen) atoms. The van der Waals surface area contributed by atoms with Crippen LogP contribution in [-0.2, 0) is 10.5 Å². The van der Waals surface area contributed by atoms with Gasteiger partial charge in [0.2, 0.25) is 0 Å². The van der Waals surface area contributed by atoms with E-state index >= 15 is 0 Å². The number of benzene rings is 1. The summed E-state index contributed by atoms with van der Waals surface area (Å²) in [6, 6.07) is 4.81. The predicted octanol–water partition coefficient (Wildman–Crippen LogP) is 3.81. The van der Waals surface area contributed by atoms with Crippen molar-refractivity contribution in [2.24, 2.45) is 5.92 Å². The van der Waals surface area contributed by atoms with Crippen LogP contribution in [0.4, 0.5) is 4.39 Å². The first-order chi connectivity index (χ1) is 8.49. The first kappa shape index (κ1) is 14.8. The molecule has 0 heterocycles. The molecule has 0 unspecified atom stereocenters. The van der Waals surface area contributed by atoms with Crippen LogP contribution in [0.25, 0.3) is 6.08 Å². The van der Waals surface area contributed by atoms with Crippen molar-refractivity contribution in [3.8, 4) is 0 Å². The zero-order valence-corrected chi connectivity index (χ0v) is 11.3. The van der Waals surface area contributed by atoms with Gasteiger partial charge in [0.05, 0.1) is 0 Å². The summed E-state index contributed by atoms with van der Waals surface area (Å²) in [5, 5.41) is 8.48. The standard InChI is InChI=1S/C14H17FO2S/c1-10(2)8-18-9-12-5-3-11(7-13(12)15)4-6-14(16)17/h3-7,10H,8-9H2,1-2H3,(H,16,17)/b6-4+. The number of carboxylic acids is 1. The van der Waals surface area contributed by atoms with Crippen LogP contribution < -0.4 is 0 Å². The number of halogens is 1. The van der Waals surface area contributed by atoms with Crippen molar-refractivity contribution in [2.45, 2.75) is 19.6 Å². The summed E-state index contributed by atoms with van der Waals surface area (Å²) in [6.45, 7) is 4.26. The number of rotatable bonds is 6. The minimum Gasteiger partial charge on any atom is -0.478 e. The molecule has 1 rings (SSSR count). The molecular formula is C14H17FO2S. The molecule has 0 atom stereocenters. The Kier molecular flexibility index (Phi) is 5.92. The number of carboxylic acid groups (broad SMARTS) is 1. The molecule has 1 aromatic carbocycles. The van der Waals surface area contributed by atoms with Crippen molar-refractivity contribution in [3.63, 3.8) is 0 Å². The second-order valence-electron chi connectivity index (χ2n) is 4.43. The van der Waals surface area contributed by atoms with E-state index in [1.165, 1.54) is 12.1 Å². The zero-order valence-electron chi connectivity index (χ0n) is 10.5. The van der Waals surface area contributed by atoms with Crippen LogP contribution in [0.1, 0.15) is 25.0 Å². The van der Waals surface area contributed by atoms with Crippen LogP contribution in [0.5, 0.6) is 0 Å². The summed E-state index contributed by atoms with van der Waals surface area (Å²) in [4.78, 5) is 10.3. The van der Waals surface area contributed by atoms with Crippen molar-refractivity contribution < 1.29 is 14.3 Å². The molecule has 0 radical (unpaired) electrons. The van der Waals surface area contributed by atoms with E-state index in [0.29, 0.717) is 22.8 Å². The molecule has 0 saturated carbocycles. The highest BCUT2D eigenvalue weighted by Gasteiger charge is 2.04. The van der Waals surface area contributed by atoms with Gasteiger partial charge >= 0.3 is 5.97 Å². The van der Waals surface area contributed by atoms with Crippen LogP contribution in [0.3, 0.4) is 0 Å². The Labute approximate surface area is 111 Å². The molecule has 0 aliphatic carbocycles. The topological polar surface area (TPSA) is 37.3 Å². The molecule has 0 aliphatic heterocycles. The zero-order chi connectivity index (χ0) is 13.5. The Hall–Kier alpha value is -1.29. The van der Waals surface area contributed by atoms with Gasteiger partial charge in [0.25, 0.3) is 0 Å². The quantitative estimate of drug-likeness (QED) is 0.797. The molecule has 0 fully saturated rings. The molecule has 1 aromatic rings. The van der Waals surface area contributed by atoms with Crippen LogP contribution in [0.15, 0.2) is 24.3 Å². The molecule has 0 spiro atoms. The summed E-state index contributed by atoms with van der Waals surface area (Å²) < 4.78 is 13.7. The van der Waals surface area contributed by atoms with E-state index in [1.807, 2.05) is 0 Å². The van der Waals surface area contributed by atoms with Crippen LogP contribution in [-0.4, -0.2) is 16.8 Å². The molecule has 0 aliphatic rings. The first-order valence-electron chi connectivity index (χ1n) is 5.76. The first-order valence-corrected chi connectivity index (χ1v) is 6.91. The van der Waals surface area contributed by atoms with Crippen molar-refractivity contribution in [2.75, 3.05) is 5.75 Å². The fraction of sp³-hybridized carbons (Fsp3) is 0.357. The lowest BCUT2D eigenvalue weighted by Crippen LogP contribution is -1.94. The van der Waals surface area contributed by atoms with Gasteiger partial charge in [0, 0.05) is 11.8 Å². The average molecular weight is 268 g/mol. The fourth-order valence-electron chi connectivity index (χ4n) is 1.36. The molecule has 4 heteroatoms. The third-order valence-corrected chi connectivity index (χ3v) is 3.62. The molecule has 0 saturated heterocycles. The van der Waals surface area contributed by atoms with Crippen molar-refractivity contribution in [1.82, 2.24) is 0 Å². The van der Waals surface area contributed by atoms with E-state index in [0.717, 1.165) is 11.8 Å². The van der Waals surface area contributed by atoms with Gasteiger partial charge in [0.15, 0.2) is 0 Å². The van der Waals surface area contributed by atoms with Gasteiger partial charge in [-0.15, -0.1) is 0 Å². The summed E-state index contributed by atoms with van der Waals surface area (Å²) >= 11 is 1.70. The SMILES string of the molecule is CC(C)CSCc1ccc(/C=C/C(=O)O)cc1F. The van der Waals surface area contributed by atoms with E-state index in [2.05, 4.69) is 13.8 Å². The largest absolute Gasteiger partial charge is 0.478 e. The van der Waals surface area contributed by atoms with E-state index < -0.39 is 5.97 Å². The van der Waals surface area contributed by atoms with Crippen molar-refractivity contribution >= 4 is 23.8 Å². The van der Waals surface area contributed by atoms with E-state index in [9.17, 15) is 9.18 Å². The minimum atomic E-state index is -1.04. The Bertz CT molecular complexity index is 441. The van der Waals surface area contributed by atoms with Crippen LogP contribution in [0, 0.1) is 11.7 Å². The highest BCUT2D eigenvalue weighted by atomic mass is 32.2. The van der Waals surface area contributed by atoms with Crippen molar-refractivity contribution in [1.29, 1.82) is 0 Å². The monoisotopic (exact) mass is 268 g/mol. The lowest BCUT2D eigenvalue weighted by atomic mass is 10.1.